The summed E-state index contributed by atoms with van der Waals surface area (Å²) < 4.78 is 5.23. The van der Waals surface area contributed by atoms with Gasteiger partial charge in [0, 0.05) is 30.5 Å². The van der Waals surface area contributed by atoms with Crippen LogP contribution in [0.25, 0.3) is 0 Å². The van der Waals surface area contributed by atoms with Crippen molar-refractivity contribution >= 4 is 29.3 Å². The van der Waals surface area contributed by atoms with E-state index in [9.17, 15) is 19.7 Å². The summed E-state index contributed by atoms with van der Waals surface area (Å²) in [5.74, 6) is 1.28. The van der Waals surface area contributed by atoms with Gasteiger partial charge in [-0.1, -0.05) is 44.0 Å². The van der Waals surface area contributed by atoms with E-state index in [1.807, 2.05) is 31.2 Å². The minimum Gasteiger partial charge on any atom is -0.497 e. The Morgan fingerprint density at radius 2 is 1.74 bits per heavy atom. The minimum absolute atomic E-state index is 0.0413. The SMILES string of the molecule is CCC(C(=O)NC1CCCC1)N(Cc1ccc(OC)cc1)C(=O)CSCc1ccc([N+](=O)[O-])cc1. The highest BCUT2D eigenvalue weighted by atomic mass is 32.2. The van der Waals surface area contributed by atoms with Crippen LogP contribution in [0.3, 0.4) is 0 Å². The van der Waals surface area contributed by atoms with Crippen molar-refractivity contribution in [2.24, 2.45) is 0 Å². The molecule has 3 rings (SSSR count). The molecule has 1 saturated carbocycles. The number of rotatable bonds is 12. The standard InChI is InChI=1S/C26H33N3O5S/c1-3-24(26(31)27-21-6-4-5-7-21)28(16-19-10-14-23(34-2)15-11-19)25(30)18-35-17-20-8-12-22(13-9-20)29(32)33/h8-15,21,24H,3-7,16-18H2,1-2H3,(H,27,31). The van der Waals surface area contributed by atoms with Crippen molar-refractivity contribution in [1.82, 2.24) is 10.2 Å². The van der Waals surface area contributed by atoms with E-state index in [1.165, 1.54) is 23.9 Å². The molecule has 1 N–H and O–H groups in total. The number of carbonyl (C=O) groups is 2. The molecule has 1 unspecified atom stereocenters. The number of hydrogen-bond acceptors (Lipinski definition) is 6. The average Bonchev–Trinajstić information content (AvgIpc) is 3.37. The smallest absolute Gasteiger partial charge is 0.269 e. The zero-order valence-electron chi connectivity index (χ0n) is 20.3. The molecule has 1 fully saturated rings. The second kappa shape index (κ2) is 13.1. The predicted octanol–water partition coefficient (Wildman–Crippen LogP) is 4.70. The summed E-state index contributed by atoms with van der Waals surface area (Å²) >= 11 is 1.43. The lowest BCUT2D eigenvalue weighted by Gasteiger charge is -2.31. The van der Waals surface area contributed by atoms with Crippen LogP contribution in [0.1, 0.15) is 50.2 Å². The quantitative estimate of drug-likeness (QED) is 0.335. The van der Waals surface area contributed by atoms with E-state index in [1.54, 1.807) is 24.1 Å². The van der Waals surface area contributed by atoms with Crippen molar-refractivity contribution < 1.29 is 19.2 Å². The fourth-order valence-electron chi connectivity index (χ4n) is 4.27. The van der Waals surface area contributed by atoms with E-state index in [0.29, 0.717) is 18.7 Å². The van der Waals surface area contributed by atoms with Crippen LogP contribution < -0.4 is 10.1 Å². The molecule has 2 amide bonds. The van der Waals surface area contributed by atoms with Crippen molar-refractivity contribution in [3.63, 3.8) is 0 Å². The number of nitrogens with zero attached hydrogens (tertiary/aromatic N) is 2. The van der Waals surface area contributed by atoms with Crippen molar-refractivity contribution in [2.45, 2.75) is 63.4 Å². The zero-order valence-corrected chi connectivity index (χ0v) is 21.1. The summed E-state index contributed by atoms with van der Waals surface area (Å²) in [6, 6.07) is 13.5. The molecule has 1 aliphatic rings. The summed E-state index contributed by atoms with van der Waals surface area (Å²) in [7, 11) is 1.60. The molecule has 2 aromatic rings. The molecule has 35 heavy (non-hydrogen) atoms. The summed E-state index contributed by atoms with van der Waals surface area (Å²) in [6.07, 6.45) is 4.73. The molecule has 0 aliphatic heterocycles. The fourth-order valence-corrected chi connectivity index (χ4v) is 5.14. The number of carbonyl (C=O) groups excluding carboxylic acids is 2. The first-order valence-corrected chi connectivity index (χ1v) is 13.1. The fraction of sp³-hybridized carbons (Fsp3) is 0.462. The van der Waals surface area contributed by atoms with Gasteiger partial charge in [-0.25, -0.2) is 0 Å². The van der Waals surface area contributed by atoms with Crippen molar-refractivity contribution in [3.05, 3.63) is 69.8 Å². The first-order valence-electron chi connectivity index (χ1n) is 11.9. The van der Waals surface area contributed by atoms with Gasteiger partial charge in [0.15, 0.2) is 0 Å². The van der Waals surface area contributed by atoms with Crippen LogP contribution in [0.4, 0.5) is 5.69 Å². The highest BCUT2D eigenvalue weighted by molar-refractivity contribution is 7.99. The number of amides is 2. The van der Waals surface area contributed by atoms with E-state index in [0.717, 1.165) is 42.6 Å². The number of thioether (sulfide) groups is 1. The number of benzene rings is 2. The summed E-state index contributed by atoms with van der Waals surface area (Å²) in [4.78, 5) is 38.6. The van der Waals surface area contributed by atoms with Crippen molar-refractivity contribution in [3.8, 4) is 5.75 Å². The Bertz CT molecular complexity index is 991. The third kappa shape index (κ3) is 7.71. The Morgan fingerprint density at radius 1 is 1.11 bits per heavy atom. The first-order chi connectivity index (χ1) is 16.9. The molecule has 1 aliphatic carbocycles. The number of non-ortho nitro benzene ring substituents is 1. The number of ether oxygens (including phenoxy) is 1. The van der Waals surface area contributed by atoms with Crippen LogP contribution in [0, 0.1) is 10.1 Å². The summed E-state index contributed by atoms with van der Waals surface area (Å²) in [5, 5.41) is 14.0. The molecule has 188 valence electrons. The van der Waals surface area contributed by atoms with Gasteiger partial charge in [-0.3, -0.25) is 19.7 Å². The molecule has 0 saturated heterocycles. The van der Waals surface area contributed by atoms with Gasteiger partial charge in [0.25, 0.3) is 5.69 Å². The third-order valence-corrected chi connectivity index (χ3v) is 7.23. The Morgan fingerprint density at radius 3 is 2.31 bits per heavy atom. The highest BCUT2D eigenvalue weighted by Crippen LogP contribution is 2.22. The van der Waals surface area contributed by atoms with Gasteiger partial charge < -0.3 is 15.0 Å². The molecular weight excluding hydrogens is 466 g/mol. The summed E-state index contributed by atoms with van der Waals surface area (Å²) in [6.45, 7) is 2.26. The van der Waals surface area contributed by atoms with Gasteiger partial charge in [0.1, 0.15) is 11.8 Å². The molecule has 2 aromatic carbocycles. The molecular formula is C26H33N3O5S. The zero-order chi connectivity index (χ0) is 25.2. The minimum atomic E-state index is -0.551. The van der Waals surface area contributed by atoms with E-state index >= 15 is 0 Å². The lowest BCUT2D eigenvalue weighted by molar-refractivity contribution is -0.384. The van der Waals surface area contributed by atoms with Crippen molar-refractivity contribution in [1.29, 1.82) is 0 Å². The van der Waals surface area contributed by atoms with Gasteiger partial charge in [0.2, 0.25) is 11.8 Å². The number of nitro groups is 1. The number of hydrogen-bond donors (Lipinski definition) is 1. The second-order valence-corrected chi connectivity index (χ2v) is 9.69. The van der Waals surface area contributed by atoms with Gasteiger partial charge in [-0.05, 0) is 42.5 Å². The monoisotopic (exact) mass is 499 g/mol. The third-order valence-electron chi connectivity index (χ3n) is 6.24. The van der Waals surface area contributed by atoms with Crippen LogP contribution in [0.2, 0.25) is 0 Å². The van der Waals surface area contributed by atoms with Gasteiger partial charge >= 0.3 is 0 Å². The normalized spacial score (nSPS) is 14.3. The van der Waals surface area contributed by atoms with Crippen LogP contribution >= 0.6 is 11.8 Å². The van der Waals surface area contributed by atoms with Gasteiger partial charge in [0.05, 0.1) is 17.8 Å². The molecule has 8 nitrogen and oxygen atoms in total. The maximum atomic E-state index is 13.4. The van der Waals surface area contributed by atoms with E-state index in [2.05, 4.69) is 5.32 Å². The van der Waals surface area contributed by atoms with E-state index in [4.69, 9.17) is 4.74 Å². The predicted molar refractivity (Wildman–Crippen MR) is 137 cm³/mol. The average molecular weight is 500 g/mol. The summed E-state index contributed by atoms with van der Waals surface area (Å²) in [5.41, 5.74) is 1.87. The van der Waals surface area contributed by atoms with Crippen LogP contribution in [0.15, 0.2) is 48.5 Å². The first kappa shape index (κ1) is 26.5. The topological polar surface area (TPSA) is 102 Å². The lowest BCUT2D eigenvalue weighted by atomic mass is 10.1. The van der Waals surface area contributed by atoms with Crippen LogP contribution in [-0.2, 0) is 21.9 Å². The molecule has 0 heterocycles. The molecule has 0 radical (unpaired) electrons. The number of methoxy groups -OCH3 is 1. The van der Waals surface area contributed by atoms with Crippen LogP contribution in [0.5, 0.6) is 5.75 Å². The lowest BCUT2D eigenvalue weighted by Crippen LogP contribution is -2.51. The van der Waals surface area contributed by atoms with Crippen LogP contribution in [-0.4, -0.2) is 46.6 Å². The highest BCUT2D eigenvalue weighted by Gasteiger charge is 2.30. The van der Waals surface area contributed by atoms with Crippen molar-refractivity contribution in [2.75, 3.05) is 12.9 Å². The Labute approximate surface area is 210 Å². The molecule has 1 atom stereocenters. The van der Waals surface area contributed by atoms with Gasteiger partial charge in [-0.2, -0.15) is 0 Å². The number of nitro benzene ring substituents is 1. The maximum Gasteiger partial charge on any atom is 0.269 e. The maximum absolute atomic E-state index is 13.4. The Balaban J connectivity index is 1.68. The molecule has 9 heteroatoms. The molecule has 0 aromatic heterocycles. The number of nitrogens with one attached hydrogen (secondary N) is 1. The Kier molecular flexibility index (Phi) is 9.96. The largest absolute Gasteiger partial charge is 0.497 e. The molecule has 0 bridgehead atoms. The van der Waals surface area contributed by atoms with E-state index < -0.39 is 11.0 Å². The second-order valence-electron chi connectivity index (χ2n) is 8.70. The molecule has 0 spiro atoms. The van der Waals surface area contributed by atoms with Gasteiger partial charge in [-0.15, -0.1) is 11.8 Å². The Hall–Kier alpha value is -3.07. The van der Waals surface area contributed by atoms with E-state index in [-0.39, 0.29) is 29.3 Å².